The molecular formula is C10H20N6O2S. The zero-order chi connectivity index (χ0) is 14.1. The lowest BCUT2D eigenvalue weighted by atomic mass is 10.4. The summed E-state index contributed by atoms with van der Waals surface area (Å²) in [6.07, 6.45) is 0. The van der Waals surface area contributed by atoms with Gasteiger partial charge in [-0.05, 0) is 24.4 Å². The van der Waals surface area contributed by atoms with Gasteiger partial charge in [0.15, 0.2) is 0 Å². The van der Waals surface area contributed by atoms with E-state index in [4.69, 9.17) is 4.74 Å². The van der Waals surface area contributed by atoms with Crippen LogP contribution in [0.5, 0.6) is 0 Å². The van der Waals surface area contributed by atoms with Crippen molar-refractivity contribution in [3.63, 3.8) is 0 Å². The number of carbonyl (C=O) groups excluding carboxylic acids is 1. The molecule has 2 N–H and O–H groups in total. The Hall–Kier alpha value is -1.19. The van der Waals surface area contributed by atoms with Crippen molar-refractivity contribution >= 4 is 17.7 Å². The highest BCUT2D eigenvalue weighted by Crippen LogP contribution is 2.19. The number of methoxy groups -OCH3 is 1. The van der Waals surface area contributed by atoms with Crippen molar-refractivity contribution in [2.24, 2.45) is 0 Å². The fourth-order valence-electron chi connectivity index (χ4n) is 1.27. The van der Waals surface area contributed by atoms with Gasteiger partial charge in [-0.15, -0.1) is 5.10 Å². The first-order valence-electron chi connectivity index (χ1n) is 6.03. The Morgan fingerprint density at radius 3 is 3.00 bits per heavy atom. The average molecular weight is 288 g/mol. The normalized spacial score (nSPS) is 12.4. The van der Waals surface area contributed by atoms with E-state index in [0.717, 1.165) is 6.54 Å². The molecule has 9 heteroatoms. The maximum absolute atomic E-state index is 11.8. The van der Waals surface area contributed by atoms with Gasteiger partial charge in [0.1, 0.15) is 0 Å². The van der Waals surface area contributed by atoms with Gasteiger partial charge in [-0.1, -0.05) is 11.8 Å². The Balaban J connectivity index is 2.44. The predicted octanol–water partition coefficient (Wildman–Crippen LogP) is -0.864. The van der Waals surface area contributed by atoms with Crippen molar-refractivity contribution in [1.82, 2.24) is 30.8 Å². The van der Waals surface area contributed by atoms with E-state index in [0.29, 0.717) is 24.9 Å². The van der Waals surface area contributed by atoms with Gasteiger partial charge in [-0.2, -0.15) is 0 Å². The van der Waals surface area contributed by atoms with Crippen LogP contribution in [0.25, 0.3) is 0 Å². The first kappa shape index (κ1) is 15.9. The molecule has 0 fully saturated rings. The van der Waals surface area contributed by atoms with E-state index in [1.807, 2.05) is 14.0 Å². The standard InChI is InChI=1S/C10H20N6O2S/c1-8(9(17)12-5-7-18-3)19-10-13-14-15-16(10)6-4-11-2/h8,11H,4-7H2,1-3H3,(H,12,17). The lowest BCUT2D eigenvalue weighted by Gasteiger charge is -2.11. The van der Waals surface area contributed by atoms with Crippen LogP contribution in [0.3, 0.4) is 0 Å². The van der Waals surface area contributed by atoms with Crippen LogP contribution in [0.2, 0.25) is 0 Å². The van der Waals surface area contributed by atoms with E-state index >= 15 is 0 Å². The maximum atomic E-state index is 11.8. The summed E-state index contributed by atoms with van der Waals surface area (Å²) in [7, 11) is 3.46. The molecule has 1 aromatic rings. The summed E-state index contributed by atoms with van der Waals surface area (Å²) in [5, 5.41) is 17.6. The molecule has 108 valence electrons. The van der Waals surface area contributed by atoms with Crippen molar-refractivity contribution in [3.8, 4) is 0 Å². The van der Waals surface area contributed by atoms with Gasteiger partial charge in [0.05, 0.1) is 18.4 Å². The Kier molecular flexibility index (Phi) is 7.38. The second-order valence-electron chi connectivity index (χ2n) is 3.83. The number of likely N-dealkylation sites (N-methyl/N-ethyl adjacent to an activating group) is 1. The van der Waals surface area contributed by atoms with Gasteiger partial charge in [0, 0.05) is 20.2 Å². The lowest BCUT2D eigenvalue weighted by molar-refractivity contribution is -0.120. The zero-order valence-corrected chi connectivity index (χ0v) is 12.2. The monoisotopic (exact) mass is 288 g/mol. The fourth-order valence-corrected chi connectivity index (χ4v) is 2.11. The molecule has 1 amide bonds. The van der Waals surface area contributed by atoms with E-state index in [2.05, 4.69) is 26.2 Å². The summed E-state index contributed by atoms with van der Waals surface area (Å²) in [5.74, 6) is -0.0507. The Morgan fingerprint density at radius 2 is 2.32 bits per heavy atom. The van der Waals surface area contributed by atoms with Gasteiger partial charge >= 0.3 is 0 Å². The molecule has 8 nitrogen and oxygen atoms in total. The minimum Gasteiger partial charge on any atom is -0.383 e. The molecule has 1 aromatic heterocycles. The Labute approximate surface area is 116 Å². The van der Waals surface area contributed by atoms with Gasteiger partial charge in [-0.25, -0.2) is 4.68 Å². The van der Waals surface area contributed by atoms with Gasteiger partial charge in [0.25, 0.3) is 0 Å². The smallest absolute Gasteiger partial charge is 0.233 e. The molecule has 1 rings (SSSR count). The van der Waals surface area contributed by atoms with Crippen molar-refractivity contribution < 1.29 is 9.53 Å². The van der Waals surface area contributed by atoms with Crippen molar-refractivity contribution in [1.29, 1.82) is 0 Å². The van der Waals surface area contributed by atoms with E-state index in [-0.39, 0.29) is 11.2 Å². The maximum Gasteiger partial charge on any atom is 0.233 e. The molecule has 19 heavy (non-hydrogen) atoms. The number of nitrogens with zero attached hydrogens (tertiary/aromatic N) is 4. The molecule has 1 atom stereocenters. The largest absolute Gasteiger partial charge is 0.383 e. The van der Waals surface area contributed by atoms with E-state index in [1.54, 1.807) is 11.8 Å². The van der Waals surface area contributed by atoms with Crippen LogP contribution in [0.15, 0.2) is 5.16 Å². The minimum absolute atomic E-state index is 0.0507. The molecule has 0 bridgehead atoms. The van der Waals surface area contributed by atoms with Crippen LogP contribution in [0, 0.1) is 0 Å². The molecule has 0 saturated heterocycles. The number of ether oxygens (including phenoxy) is 1. The first-order valence-corrected chi connectivity index (χ1v) is 6.91. The quantitative estimate of drug-likeness (QED) is 0.451. The van der Waals surface area contributed by atoms with Crippen molar-refractivity contribution in [3.05, 3.63) is 0 Å². The summed E-state index contributed by atoms with van der Waals surface area (Å²) in [4.78, 5) is 11.8. The molecule has 1 unspecified atom stereocenters. The van der Waals surface area contributed by atoms with Crippen molar-refractivity contribution in [2.45, 2.75) is 23.9 Å². The average Bonchev–Trinajstić information content (AvgIpc) is 2.83. The zero-order valence-electron chi connectivity index (χ0n) is 11.4. The SMILES string of the molecule is CNCCn1nnnc1SC(C)C(=O)NCCOC. The number of amides is 1. The number of nitrogens with one attached hydrogen (secondary N) is 2. The Bertz CT molecular complexity index is 386. The van der Waals surface area contributed by atoms with Crippen LogP contribution in [-0.2, 0) is 16.1 Å². The molecule has 1 heterocycles. The number of thioether (sulfide) groups is 1. The fraction of sp³-hybridized carbons (Fsp3) is 0.800. The third-order valence-electron chi connectivity index (χ3n) is 2.33. The summed E-state index contributed by atoms with van der Waals surface area (Å²) in [5.41, 5.74) is 0. The third-order valence-corrected chi connectivity index (χ3v) is 3.40. The molecule has 0 aromatic carbocycles. The highest BCUT2D eigenvalue weighted by atomic mass is 32.2. The van der Waals surface area contributed by atoms with Crippen LogP contribution >= 0.6 is 11.8 Å². The molecule has 0 radical (unpaired) electrons. The Morgan fingerprint density at radius 1 is 1.53 bits per heavy atom. The van der Waals surface area contributed by atoms with Crippen LogP contribution < -0.4 is 10.6 Å². The summed E-state index contributed by atoms with van der Waals surface area (Å²) in [6.45, 7) is 4.27. The minimum atomic E-state index is -0.254. The van der Waals surface area contributed by atoms with Gasteiger partial charge in [0.2, 0.25) is 11.1 Å². The molecule has 0 aliphatic carbocycles. The van der Waals surface area contributed by atoms with E-state index in [1.165, 1.54) is 11.8 Å². The molecule has 0 aliphatic rings. The number of tetrazole rings is 1. The lowest BCUT2D eigenvalue weighted by Crippen LogP contribution is -2.33. The van der Waals surface area contributed by atoms with E-state index in [9.17, 15) is 4.79 Å². The molecular weight excluding hydrogens is 268 g/mol. The highest BCUT2D eigenvalue weighted by molar-refractivity contribution is 8.00. The van der Waals surface area contributed by atoms with Gasteiger partial charge in [-0.3, -0.25) is 4.79 Å². The predicted molar refractivity (Wildman–Crippen MR) is 71.9 cm³/mol. The summed E-state index contributed by atoms with van der Waals surface area (Å²) < 4.78 is 6.56. The summed E-state index contributed by atoms with van der Waals surface area (Å²) >= 11 is 1.34. The topological polar surface area (TPSA) is 94.0 Å². The van der Waals surface area contributed by atoms with Crippen LogP contribution in [-0.4, -0.2) is 65.2 Å². The number of aromatic nitrogens is 4. The second-order valence-corrected chi connectivity index (χ2v) is 5.14. The third kappa shape index (κ3) is 5.53. The second kappa shape index (κ2) is 8.83. The summed E-state index contributed by atoms with van der Waals surface area (Å²) in [6, 6.07) is 0. The van der Waals surface area contributed by atoms with Crippen molar-refractivity contribution in [2.75, 3.05) is 33.9 Å². The highest BCUT2D eigenvalue weighted by Gasteiger charge is 2.17. The first-order chi connectivity index (χ1) is 9.19. The molecule has 0 saturated carbocycles. The molecule has 0 aliphatic heterocycles. The van der Waals surface area contributed by atoms with E-state index < -0.39 is 0 Å². The number of hydrogen-bond donors (Lipinski definition) is 2. The molecule has 0 spiro atoms. The number of hydrogen-bond acceptors (Lipinski definition) is 7. The number of rotatable bonds is 9. The van der Waals surface area contributed by atoms with Crippen LogP contribution in [0.4, 0.5) is 0 Å². The van der Waals surface area contributed by atoms with Gasteiger partial charge < -0.3 is 15.4 Å². The number of carbonyl (C=O) groups is 1. The van der Waals surface area contributed by atoms with Crippen LogP contribution in [0.1, 0.15) is 6.92 Å².